The molecular formula is C18H39NO3. The van der Waals surface area contributed by atoms with E-state index >= 15 is 0 Å². The third kappa shape index (κ3) is 27.4. The average Bonchev–Trinajstić information content (AvgIpc) is 2.37. The summed E-state index contributed by atoms with van der Waals surface area (Å²) < 4.78 is 0. The predicted molar refractivity (Wildman–Crippen MR) is 94.9 cm³/mol. The Hall–Kier alpha value is -0.900. The van der Waals surface area contributed by atoms with E-state index in [0.29, 0.717) is 6.42 Å². The number of rotatable bonds is 7. The molecule has 0 aliphatic carbocycles. The SMILES string of the molecule is CC(=O)CCC(=O)NC(C)(C)CCO.CCC.CCC(C)C. The van der Waals surface area contributed by atoms with Gasteiger partial charge >= 0.3 is 0 Å². The van der Waals surface area contributed by atoms with Crippen molar-refractivity contribution in [3.05, 3.63) is 0 Å². The summed E-state index contributed by atoms with van der Waals surface area (Å²) in [5, 5.41) is 11.5. The van der Waals surface area contributed by atoms with Crippen LogP contribution in [0.5, 0.6) is 0 Å². The Bertz CT molecular complexity index is 274. The molecule has 4 heteroatoms. The normalized spacial score (nSPS) is 10.1. The van der Waals surface area contributed by atoms with Crippen LogP contribution in [0.2, 0.25) is 0 Å². The van der Waals surface area contributed by atoms with E-state index in [9.17, 15) is 9.59 Å². The topological polar surface area (TPSA) is 66.4 Å². The molecule has 22 heavy (non-hydrogen) atoms. The second-order valence-electron chi connectivity index (χ2n) is 6.62. The average molecular weight is 318 g/mol. The first-order chi connectivity index (χ1) is 10.1. The fraction of sp³-hybridized carbons (Fsp3) is 0.889. The summed E-state index contributed by atoms with van der Waals surface area (Å²) in [5.41, 5.74) is -0.400. The lowest BCUT2D eigenvalue weighted by Gasteiger charge is -2.25. The van der Waals surface area contributed by atoms with Crippen LogP contribution in [0.3, 0.4) is 0 Å². The maximum Gasteiger partial charge on any atom is 0.220 e. The number of hydrogen-bond donors (Lipinski definition) is 2. The minimum Gasteiger partial charge on any atom is -0.396 e. The second kappa shape index (κ2) is 16.5. The number of ketones is 1. The van der Waals surface area contributed by atoms with Crippen molar-refractivity contribution < 1.29 is 14.7 Å². The van der Waals surface area contributed by atoms with Crippen LogP contribution < -0.4 is 5.32 Å². The number of hydrogen-bond acceptors (Lipinski definition) is 3. The van der Waals surface area contributed by atoms with Crippen LogP contribution in [-0.4, -0.2) is 28.9 Å². The largest absolute Gasteiger partial charge is 0.396 e. The molecule has 0 fully saturated rings. The fourth-order valence-electron chi connectivity index (χ4n) is 1.07. The molecule has 0 unspecified atom stereocenters. The Balaban J connectivity index is -0.000000373. The molecule has 0 atom stereocenters. The van der Waals surface area contributed by atoms with Crippen LogP contribution >= 0.6 is 0 Å². The van der Waals surface area contributed by atoms with Gasteiger partial charge in [-0.25, -0.2) is 0 Å². The van der Waals surface area contributed by atoms with Gasteiger partial charge in [-0.3, -0.25) is 4.79 Å². The maximum atomic E-state index is 11.3. The third-order valence-electron chi connectivity index (χ3n) is 2.74. The Morgan fingerprint density at radius 3 is 1.77 bits per heavy atom. The van der Waals surface area contributed by atoms with Crippen molar-refractivity contribution in [3.63, 3.8) is 0 Å². The third-order valence-corrected chi connectivity index (χ3v) is 2.74. The summed E-state index contributed by atoms with van der Waals surface area (Å²) in [4.78, 5) is 21.9. The number of carbonyl (C=O) groups is 2. The summed E-state index contributed by atoms with van der Waals surface area (Å²) in [5.74, 6) is 0.758. The lowest BCUT2D eigenvalue weighted by molar-refractivity contribution is -0.125. The number of aliphatic hydroxyl groups is 1. The molecule has 2 N–H and O–H groups in total. The van der Waals surface area contributed by atoms with Gasteiger partial charge in [0.15, 0.2) is 0 Å². The predicted octanol–water partition coefficient (Wildman–Crippen LogP) is 4.10. The highest BCUT2D eigenvalue weighted by Gasteiger charge is 2.19. The van der Waals surface area contributed by atoms with E-state index in [2.05, 4.69) is 39.9 Å². The lowest BCUT2D eigenvalue weighted by Crippen LogP contribution is -2.44. The number of nitrogens with one attached hydrogen (secondary N) is 1. The molecule has 0 aromatic carbocycles. The summed E-state index contributed by atoms with van der Waals surface area (Å²) >= 11 is 0. The molecule has 0 radical (unpaired) electrons. The molecule has 134 valence electrons. The van der Waals surface area contributed by atoms with Gasteiger partial charge in [0.25, 0.3) is 0 Å². The smallest absolute Gasteiger partial charge is 0.220 e. The number of Topliss-reactive ketones (excluding diaryl/α,β-unsaturated/α-hetero) is 1. The monoisotopic (exact) mass is 317 g/mol. The van der Waals surface area contributed by atoms with Crippen LogP contribution in [0, 0.1) is 5.92 Å². The van der Waals surface area contributed by atoms with Crippen LogP contribution in [0.4, 0.5) is 0 Å². The van der Waals surface area contributed by atoms with Crippen molar-refractivity contribution in [1.82, 2.24) is 5.32 Å². The fourth-order valence-corrected chi connectivity index (χ4v) is 1.07. The highest BCUT2D eigenvalue weighted by Crippen LogP contribution is 2.07. The molecule has 1 amide bonds. The molecule has 0 heterocycles. The maximum absolute atomic E-state index is 11.3. The first kappa shape index (κ1) is 26.0. The minimum atomic E-state index is -0.400. The van der Waals surface area contributed by atoms with Gasteiger partial charge in [-0.2, -0.15) is 0 Å². The Morgan fingerprint density at radius 1 is 1.09 bits per heavy atom. The van der Waals surface area contributed by atoms with E-state index in [1.165, 1.54) is 19.8 Å². The standard InChI is InChI=1S/C10H19NO3.C5H12.C3H8/c1-8(13)4-5-9(14)11-10(2,3)6-7-12;1-4-5(2)3;1-3-2/h12H,4-7H2,1-3H3,(H,11,14);5H,4H2,1-3H3;3H2,1-2H3. The van der Waals surface area contributed by atoms with E-state index in [1.54, 1.807) is 0 Å². The van der Waals surface area contributed by atoms with E-state index in [-0.39, 0.29) is 31.1 Å². The van der Waals surface area contributed by atoms with Crippen molar-refractivity contribution in [2.75, 3.05) is 6.61 Å². The van der Waals surface area contributed by atoms with Gasteiger partial charge in [-0.05, 0) is 33.1 Å². The van der Waals surface area contributed by atoms with Crippen LogP contribution in [-0.2, 0) is 9.59 Å². The Morgan fingerprint density at radius 2 is 1.50 bits per heavy atom. The molecule has 0 aliphatic heterocycles. The molecule has 0 saturated carbocycles. The lowest BCUT2D eigenvalue weighted by atomic mass is 10.0. The van der Waals surface area contributed by atoms with Crippen LogP contribution in [0.1, 0.15) is 87.5 Å². The van der Waals surface area contributed by atoms with Crippen LogP contribution in [0.25, 0.3) is 0 Å². The zero-order valence-electron chi connectivity index (χ0n) is 16.1. The summed E-state index contributed by atoms with van der Waals surface area (Å²) in [6.45, 7) is 16.1. The van der Waals surface area contributed by atoms with Gasteiger partial charge in [0, 0.05) is 25.0 Å². The number of amides is 1. The summed E-state index contributed by atoms with van der Waals surface area (Å²) in [7, 11) is 0. The van der Waals surface area contributed by atoms with Gasteiger partial charge in [-0.1, -0.05) is 47.5 Å². The van der Waals surface area contributed by atoms with Crippen molar-refractivity contribution >= 4 is 11.7 Å². The zero-order valence-corrected chi connectivity index (χ0v) is 16.1. The Kier molecular flexibility index (Phi) is 19.5. The first-order valence-electron chi connectivity index (χ1n) is 8.47. The zero-order chi connectivity index (χ0) is 18.2. The highest BCUT2D eigenvalue weighted by molar-refractivity contribution is 5.83. The van der Waals surface area contributed by atoms with Crippen molar-refractivity contribution in [2.24, 2.45) is 5.92 Å². The molecule has 0 aromatic rings. The quantitative estimate of drug-likeness (QED) is 0.743. The van der Waals surface area contributed by atoms with E-state index in [0.717, 1.165) is 5.92 Å². The van der Waals surface area contributed by atoms with E-state index in [4.69, 9.17) is 5.11 Å². The molecule has 0 aliphatic rings. The number of aliphatic hydroxyl groups excluding tert-OH is 1. The molecule has 0 bridgehead atoms. The van der Waals surface area contributed by atoms with Gasteiger partial charge in [0.2, 0.25) is 5.91 Å². The molecule has 4 nitrogen and oxygen atoms in total. The van der Waals surface area contributed by atoms with E-state index in [1.807, 2.05) is 13.8 Å². The van der Waals surface area contributed by atoms with Gasteiger partial charge in [-0.15, -0.1) is 0 Å². The minimum absolute atomic E-state index is 0.0140. The van der Waals surface area contributed by atoms with Gasteiger partial charge in [0.1, 0.15) is 5.78 Å². The van der Waals surface area contributed by atoms with Crippen LogP contribution in [0.15, 0.2) is 0 Å². The highest BCUT2D eigenvalue weighted by atomic mass is 16.3. The Labute approximate surface area is 138 Å². The van der Waals surface area contributed by atoms with E-state index < -0.39 is 5.54 Å². The van der Waals surface area contributed by atoms with Gasteiger partial charge < -0.3 is 15.2 Å². The molecule has 0 saturated heterocycles. The van der Waals surface area contributed by atoms with Crippen molar-refractivity contribution in [1.29, 1.82) is 0 Å². The van der Waals surface area contributed by atoms with Crippen molar-refractivity contribution in [3.8, 4) is 0 Å². The molecule has 0 rings (SSSR count). The molecule has 0 aromatic heterocycles. The van der Waals surface area contributed by atoms with Gasteiger partial charge in [0.05, 0.1) is 0 Å². The molecular weight excluding hydrogens is 278 g/mol. The van der Waals surface area contributed by atoms with Crippen molar-refractivity contribution in [2.45, 2.75) is 93.0 Å². The summed E-state index contributed by atoms with van der Waals surface area (Å²) in [6, 6.07) is 0. The number of carbonyl (C=O) groups excluding carboxylic acids is 2. The molecule has 0 spiro atoms. The second-order valence-corrected chi connectivity index (χ2v) is 6.62. The summed E-state index contributed by atoms with van der Waals surface area (Å²) in [6.07, 6.45) is 3.57. The first-order valence-corrected chi connectivity index (χ1v) is 8.47.